The lowest BCUT2D eigenvalue weighted by atomic mass is 10.1. The van der Waals surface area contributed by atoms with Gasteiger partial charge in [-0.2, -0.15) is 0 Å². The van der Waals surface area contributed by atoms with Gasteiger partial charge in [0.1, 0.15) is 5.70 Å². The van der Waals surface area contributed by atoms with Gasteiger partial charge < -0.3 is 9.83 Å². The first kappa shape index (κ1) is 12.2. The number of carbonyl (C=O) groups is 1. The molecule has 4 nitrogen and oxygen atoms in total. The van der Waals surface area contributed by atoms with Gasteiger partial charge >= 0.3 is 5.97 Å². The summed E-state index contributed by atoms with van der Waals surface area (Å²) in [5, 5.41) is 11.2. The third-order valence-corrected chi connectivity index (χ3v) is 4.46. The van der Waals surface area contributed by atoms with Gasteiger partial charge in [0, 0.05) is 15.7 Å². The highest BCUT2D eigenvalue weighted by Gasteiger charge is 2.18. The van der Waals surface area contributed by atoms with E-state index in [1.807, 2.05) is 36.4 Å². The van der Waals surface area contributed by atoms with E-state index < -0.39 is 5.97 Å². The fourth-order valence-corrected chi connectivity index (χ4v) is 3.34. The number of hydrogen-bond donors (Lipinski definition) is 2. The van der Waals surface area contributed by atoms with Crippen molar-refractivity contribution >= 4 is 45.8 Å². The Balaban J connectivity index is 2.01. The molecule has 0 bridgehead atoms. The van der Waals surface area contributed by atoms with Crippen LogP contribution in [-0.4, -0.2) is 16.1 Å². The third-order valence-electron chi connectivity index (χ3n) is 3.47. The molecule has 1 aliphatic rings. The van der Waals surface area contributed by atoms with Gasteiger partial charge in [0.2, 0.25) is 0 Å². The van der Waals surface area contributed by atoms with Crippen LogP contribution in [0.2, 0.25) is 0 Å². The Morgan fingerprint density at radius 2 is 2.00 bits per heavy atom. The molecule has 1 aliphatic heterocycles. The molecule has 3 aromatic rings. The van der Waals surface area contributed by atoms with Gasteiger partial charge in [-0.3, -0.25) is 0 Å². The number of pyridine rings is 1. The standard InChI is InChI=1S/C16H10N2O2S/c19-16(20)14-8-10-5-6-13-11(15(10)21-18-14)7-9-3-1-2-4-12(9)17-13/h1-8,18H,(H,19,20). The average Bonchev–Trinajstić information content (AvgIpc) is 2.52. The zero-order valence-corrected chi connectivity index (χ0v) is 11.6. The first-order chi connectivity index (χ1) is 10.2. The van der Waals surface area contributed by atoms with Crippen molar-refractivity contribution in [2.24, 2.45) is 0 Å². The van der Waals surface area contributed by atoms with E-state index >= 15 is 0 Å². The highest BCUT2D eigenvalue weighted by Crippen LogP contribution is 2.35. The summed E-state index contributed by atoms with van der Waals surface area (Å²) in [6.45, 7) is 0. The quantitative estimate of drug-likeness (QED) is 0.532. The first-order valence-corrected chi connectivity index (χ1v) is 7.24. The van der Waals surface area contributed by atoms with Crippen LogP contribution in [0.4, 0.5) is 0 Å². The first-order valence-electron chi connectivity index (χ1n) is 6.43. The minimum absolute atomic E-state index is 0.195. The van der Waals surface area contributed by atoms with Gasteiger partial charge in [-0.25, -0.2) is 9.78 Å². The number of para-hydroxylation sites is 1. The second-order valence-electron chi connectivity index (χ2n) is 4.80. The number of nitrogens with zero attached hydrogens (tertiary/aromatic N) is 1. The highest BCUT2D eigenvalue weighted by atomic mass is 32.2. The van der Waals surface area contributed by atoms with E-state index in [0.717, 1.165) is 32.3 Å². The van der Waals surface area contributed by atoms with Crippen LogP contribution in [0.25, 0.3) is 27.9 Å². The highest BCUT2D eigenvalue weighted by molar-refractivity contribution is 7.98. The van der Waals surface area contributed by atoms with E-state index in [1.54, 1.807) is 6.08 Å². The van der Waals surface area contributed by atoms with Crippen molar-refractivity contribution in [2.75, 3.05) is 0 Å². The van der Waals surface area contributed by atoms with Crippen molar-refractivity contribution in [3.05, 3.63) is 53.7 Å². The smallest absolute Gasteiger partial charge is 0.352 e. The summed E-state index contributed by atoms with van der Waals surface area (Å²) in [5.41, 5.74) is 2.97. The van der Waals surface area contributed by atoms with E-state index in [-0.39, 0.29) is 5.70 Å². The molecule has 21 heavy (non-hydrogen) atoms. The van der Waals surface area contributed by atoms with Gasteiger partial charge in [-0.1, -0.05) is 24.3 Å². The molecule has 2 aromatic carbocycles. The topological polar surface area (TPSA) is 62.2 Å². The van der Waals surface area contributed by atoms with E-state index in [4.69, 9.17) is 5.11 Å². The van der Waals surface area contributed by atoms with Crippen molar-refractivity contribution < 1.29 is 9.90 Å². The zero-order valence-electron chi connectivity index (χ0n) is 10.8. The van der Waals surface area contributed by atoms with Crippen LogP contribution in [0.3, 0.4) is 0 Å². The monoisotopic (exact) mass is 294 g/mol. The molecule has 0 amide bonds. The fourth-order valence-electron chi connectivity index (χ4n) is 2.46. The number of hydrogen-bond acceptors (Lipinski definition) is 4. The summed E-state index contributed by atoms with van der Waals surface area (Å²) in [6, 6.07) is 13.9. The Kier molecular flexibility index (Phi) is 2.62. The summed E-state index contributed by atoms with van der Waals surface area (Å²) in [5.74, 6) is -0.954. The lowest BCUT2D eigenvalue weighted by Crippen LogP contribution is -2.16. The maximum atomic E-state index is 11.0. The van der Waals surface area contributed by atoms with Crippen LogP contribution in [0, 0.1) is 0 Å². The Hall–Kier alpha value is -2.53. The Morgan fingerprint density at radius 3 is 2.86 bits per heavy atom. The van der Waals surface area contributed by atoms with Crippen LogP contribution >= 0.6 is 11.9 Å². The molecular formula is C16H10N2O2S. The van der Waals surface area contributed by atoms with Crippen LogP contribution in [0.1, 0.15) is 5.56 Å². The molecule has 2 heterocycles. The molecule has 0 fully saturated rings. The van der Waals surface area contributed by atoms with Crippen LogP contribution < -0.4 is 4.72 Å². The molecule has 0 atom stereocenters. The summed E-state index contributed by atoms with van der Waals surface area (Å²) >= 11 is 1.32. The number of carboxylic acid groups (broad SMARTS) is 1. The summed E-state index contributed by atoms with van der Waals surface area (Å²) in [4.78, 5) is 16.7. The van der Waals surface area contributed by atoms with Crippen LogP contribution in [0.15, 0.2) is 53.1 Å². The molecule has 0 saturated carbocycles. The Bertz CT molecular complexity index is 934. The van der Waals surface area contributed by atoms with Gasteiger partial charge in [0.25, 0.3) is 0 Å². The van der Waals surface area contributed by atoms with Crippen molar-refractivity contribution in [3.8, 4) is 0 Å². The van der Waals surface area contributed by atoms with Gasteiger partial charge in [-0.05, 0) is 41.8 Å². The molecule has 2 N–H and O–H groups in total. The SMILES string of the molecule is O=C(O)C1=Cc2ccc3nc4ccccc4cc3c2SN1. The average molecular weight is 294 g/mol. The van der Waals surface area contributed by atoms with Crippen molar-refractivity contribution in [2.45, 2.75) is 4.90 Å². The minimum Gasteiger partial charge on any atom is -0.477 e. The Morgan fingerprint density at radius 1 is 1.14 bits per heavy atom. The number of carboxylic acids is 1. The van der Waals surface area contributed by atoms with Crippen molar-refractivity contribution in [1.29, 1.82) is 0 Å². The second kappa shape index (κ2) is 4.49. The summed E-state index contributed by atoms with van der Waals surface area (Å²) in [7, 11) is 0. The third kappa shape index (κ3) is 1.94. The maximum Gasteiger partial charge on any atom is 0.352 e. The molecule has 5 heteroatoms. The van der Waals surface area contributed by atoms with Gasteiger partial charge in [-0.15, -0.1) is 0 Å². The van der Waals surface area contributed by atoms with Crippen molar-refractivity contribution in [1.82, 2.24) is 9.71 Å². The molecule has 1 aromatic heterocycles. The molecule has 0 aliphatic carbocycles. The number of aliphatic carboxylic acids is 1. The van der Waals surface area contributed by atoms with E-state index in [9.17, 15) is 4.79 Å². The predicted molar refractivity (Wildman–Crippen MR) is 83.9 cm³/mol. The molecular weight excluding hydrogens is 284 g/mol. The van der Waals surface area contributed by atoms with Crippen LogP contribution in [-0.2, 0) is 4.79 Å². The molecule has 0 radical (unpaired) electrons. The maximum absolute atomic E-state index is 11.0. The van der Waals surface area contributed by atoms with E-state index in [1.165, 1.54) is 11.9 Å². The Labute approximate surface area is 124 Å². The molecule has 0 saturated heterocycles. The largest absolute Gasteiger partial charge is 0.477 e. The van der Waals surface area contributed by atoms with Gasteiger partial charge in [0.15, 0.2) is 0 Å². The van der Waals surface area contributed by atoms with Crippen LogP contribution in [0.5, 0.6) is 0 Å². The minimum atomic E-state index is -0.954. The number of fused-ring (bicyclic) bond motifs is 4. The predicted octanol–water partition coefficient (Wildman–Crippen LogP) is 3.42. The zero-order chi connectivity index (χ0) is 14.4. The lowest BCUT2D eigenvalue weighted by Gasteiger charge is -2.17. The number of nitrogens with one attached hydrogen (secondary N) is 1. The van der Waals surface area contributed by atoms with Crippen molar-refractivity contribution in [3.63, 3.8) is 0 Å². The fraction of sp³-hybridized carbons (Fsp3) is 0. The van der Waals surface area contributed by atoms with E-state index in [2.05, 4.69) is 15.8 Å². The normalized spacial score (nSPS) is 13.6. The van der Waals surface area contributed by atoms with E-state index in [0.29, 0.717) is 0 Å². The molecule has 0 spiro atoms. The number of aromatic nitrogens is 1. The molecule has 4 rings (SSSR count). The second-order valence-corrected chi connectivity index (χ2v) is 5.62. The number of benzene rings is 2. The summed E-state index contributed by atoms with van der Waals surface area (Å²) < 4.78 is 2.87. The summed E-state index contributed by atoms with van der Waals surface area (Å²) in [6.07, 6.45) is 1.66. The molecule has 102 valence electrons. The number of rotatable bonds is 1. The van der Waals surface area contributed by atoms with Gasteiger partial charge in [0.05, 0.1) is 11.0 Å². The lowest BCUT2D eigenvalue weighted by molar-refractivity contribution is -0.132. The molecule has 0 unspecified atom stereocenters.